The Hall–Kier alpha value is -0.900. The molecule has 1 aromatic carbocycles. The topological polar surface area (TPSA) is 27.7 Å². The van der Waals surface area contributed by atoms with Crippen molar-refractivity contribution in [3.05, 3.63) is 35.4 Å². The molecule has 3 rings (SSSR count). The van der Waals surface area contributed by atoms with Crippen LogP contribution in [0.25, 0.3) is 0 Å². The zero-order chi connectivity index (χ0) is 14.8. The van der Waals surface area contributed by atoms with Crippen LogP contribution >= 0.6 is 0 Å². The molecule has 2 aliphatic rings. The zero-order valence-electron chi connectivity index (χ0n) is 13.2. The van der Waals surface area contributed by atoms with Gasteiger partial charge in [-0.05, 0) is 31.2 Å². The summed E-state index contributed by atoms with van der Waals surface area (Å²) >= 11 is 0. The first-order valence-corrected chi connectivity index (χ1v) is 7.45. The van der Waals surface area contributed by atoms with E-state index in [4.69, 9.17) is 14.5 Å². The highest BCUT2D eigenvalue weighted by Crippen LogP contribution is 2.63. The van der Waals surface area contributed by atoms with Crippen LogP contribution in [0.15, 0.2) is 24.3 Å². The Morgan fingerprint density at radius 1 is 0.850 bits per heavy atom. The lowest BCUT2D eigenvalue weighted by Gasteiger charge is -2.58. The first-order chi connectivity index (χ1) is 9.28. The minimum atomic E-state index is -0.782. The summed E-state index contributed by atoms with van der Waals surface area (Å²) in [6, 6.07) is 8.32. The normalized spacial score (nSPS) is 29.8. The largest absolute Gasteiger partial charge is 0.330 e. The van der Waals surface area contributed by atoms with Gasteiger partial charge in [-0.3, -0.25) is 0 Å². The highest BCUT2D eigenvalue weighted by molar-refractivity contribution is 5.42. The lowest BCUT2D eigenvalue weighted by molar-refractivity contribution is -0.640. The summed E-state index contributed by atoms with van der Waals surface area (Å²) in [5, 5.41) is 0. The molecular weight excluding hydrogens is 252 g/mol. The Morgan fingerprint density at radius 3 is 1.85 bits per heavy atom. The van der Waals surface area contributed by atoms with E-state index in [1.807, 2.05) is 6.07 Å². The van der Waals surface area contributed by atoms with Gasteiger partial charge in [0, 0.05) is 5.56 Å². The molecule has 2 aliphatic heterocycles. The van der Waals surface area contributed by atoms with Crippen molar-refractivity contribution in [3.63, 3.8) is 0 Å². The third-order valence-corrected chi connectivity index (χ3v) is 4.86. The van der Waals surface area contributed by atoms with Gasteiger partial charge in [-0.1, -0.05) is 52.0 Å². The second-order valence-electron chi connectivity index (χ2n) is 7.04. The van der Waals surface area contributed by atoms with Gasteiger partial charge in [-0.15, -0.1) is 0 Å². The minimum Gasteiger partial charge on any atom is -0.330 e. The fourth-order valence-electron chi connectivity index (χ4n) is 3.95. The van der Waals surface area contributed by atoms with Gasteiger partial charge in [0.05, 0.1) is 5.60 Å². The maximum absolute atomic E-state index is 6.43. The Morgan fingerprint density at radius 2 is 1.40 bits per heavy atom. The van der Waals surface area contributed by atoms with Crippen molar-refractivity contribution < 1.29 is 14.5 Å². The average Bonchev–Trinajstić information content (AvgIpc) is 2.59. The van der Waals surface area contributed by atoms with Crippen molar-refractivity contribution in [1.29, 1.82) is 0 Å². The van der Waals surface area contributed by atoms with Crippen LogP contribution in [0.3, 0.4) is 0 Å². The standard InChI is InChI=1S/C17H24O3/c1-11(2)16(12(3)4)17(20-19-16)14-10-8-7-9-13(14)15(5,6)18-17/h7-12H,1-6H3. The fourth-order valence-corrected chi connectivity index (χ4v) is 3.95. The Bertz CT molecular complexity index is 525. The van der Waals surface area contributed by atoms with E-state index in [2.05, 4.69) is 59.7 Å². The third-order valence-electron chi connectivity index (χ3n) is 4.86. The van der Waals surface area contributed by atoms with Gasteiger partial charge in [0.25, 0.3) is 5.79 Å². The Balaban J connectivity index is 2.20. The third kappa shape index (κ3) is 1.41. The predicted molar refractivity (Wildman–Crippen MR) is 76.8 cm³/mol. The van der Waals surface area contributed by atoms with Gasteiger partial charge in [0.2, 0.25) is 0 Å². The number of hydrogen-bond donors (Lipinski definition) is 0. The number of fused-ring (bicyclic) bond motifs is 2. The highest BCUT2D eigenvalue weighted by Gasteiger charge is 2.74. The molecule has 2 heterocycles. The van der Waals surface area contributed by atoms with Crippen LogP contribution in [0.2, 0.25) is 0 Å². The molecule has 1 unspecified atom stereocenters. The molecule has 0 aliphatic carbocycles. The lowest BCUT2D eigenvalue weighted by atomic mass is 9.70. The van der Waals surface area contributed by atoms with E-state index in [0.717, 1.165) is 5.56 Å². The Labute approximate surface area is 121 Å². The van der Waals surface area contributed by atoms with Crippen LogP contribution < -0.4 is 0 Å². The SMILES string of the molecule is CC(C)C1(C(C)C)OOC12OC(C)(C)c1ccccc12. The van der Waals surface area contributed by atoms with Crippen molar-refractivity contribution in [1.82, 2.24) is 0 Å². The van der Waals surface area contributed by atoms with E-state index in [-0.39, 0.29) is 5.60 Å². The summed E-state index contributed by atoms with van der Waals surface area (Å²) in [7, 11) is 0. The van der Waals surface area contributed by atoms with Crippen molar-refractivity contribution >= 4 is 0 Å². The molecule has 1 spiro atoms. The second kappa shape index (κ2) is 4.06. The van der Waals surface area contributed by atoms with E-state index in [1.165, 1.54) is 5.56 Å². The van der Waals surface area contributed by atoms with E-state index in [9.17, 15) is 0 Å². The van der Waals surface area contributed by atoms with Gasteiger partial charge in [0.15, 0.2) is 5.60 Å². The van der Waals surface area contributed by atoms with Crippen LogP contribution in [0.5, 0.6) is 0 Å². The summed E-state index contributed by atoms with van der Waals surface area (Å²) in [4.78, 5) is 11.4. The first-order valence-electron chi connectivity index (χ1n) is 7.45. The molecule has 0 amide bonds. The number of benzene rings is 1. The summed E-state index contributed by atoms with van der Waals surface area (Å²) in [6.07, 6.45) is 0. The molecule has 3 nitrogen and oxygen atoms in total. The first kappa shape index (κ1) is 14.1. The molecule has 1 fully saturated rings. The van der Waals surface area contributed by atoms with E-state index < -0.39 is 11.4 Å². The van der Waals surface area contributed by atoms with Gasteiger partial charge in [-0.2, -0.15) is 4.89 Å². The van der Waals surface area contributed by atoms with Crippen LogP contribution in [-0.2, 0) is 25.9 Å². The van der Waals surface area contributed by atoms with Crippen LogP contribution in [0.1, 0.15) is 52.7 Å². The van der Waals surface area contributed by atoms with Crippen LogP contribution in [0.4, 0.5) is 0 Å². The lowest BCUT2D eigenvalue weighted by Crippen LogP contribution is -2.70. The van der Waals surface area contributed by atoms with Crippen molar-refractivity contribution in [2.24, 2.45) is 11.8 Å². The van der Waals surface area contributed by atoms with Gasteiger partial charge in [0.1, 0.15) is 0 Å². The minimum absolute atomic E-state index is 0.290. The van der Waals surface area contributed by atoms with Gasteiger partial charge in [-0.25, -0.2) is 4.89 Å². The van der Waals surface area contributed by atoms with Crippen LogP contribution in [0, 0.1) is 11.8 Å². The number of ether oxygens (including phenoxy) is 1. The predicted octanol–water partition coefficient (Wildman–Crippen LogP) is 4.12. The molecular formula is C17H24O3. The molecule has 0 N–H and O–H groups in total. The second-order valence-corrected chi connectivity index (χ2v) is 7.04. The summed E-state index contributed by atoms with van der Waals surface area (Å²) < 4.78 is 6.43. The summed E-state index contributed by atoms with van der Waals surface area (Å²) in [5.41, 5.74) is 1.49. The summed E-state index contributed by atoms with van der Waals surface area (Å²) in [5.74, 6) is -0.202. The molecule has 0 radical (unpaired) electrons. The van der Waals surface area contributed by atoms with Crippen molar-refractivity contribution in [2.75, 3.05) is 0 Å². The number of rotatable bonds is 2. The molecule has 1 atom stereocenters. The maximum atomic E-state index is 6.43. The molecule has 0 bridgehead atoms. The Kier molecular flexibility index (Phi) is 2.85. The molecule has 1 aromatic rings. The average molecular weight is 276 g/mol. The van der Waals surface area contributed by atoms with Crippen LogP contribution in [-0.4, -0.2) is 5.60 Å². The molecule has 3 heteroatoms. The molecule has 20 heavy (non-hydrogen) atoms. The quantitative estimate of drug-likeness (QED) is 0.761. The monoisotopic (exact) mass is 276 g/mol. The van der Waals surface area contributed by atoms with Crippen molar-refractivity contribution in [3.8, 4) is 0 Å². The smallest absolute Gasteiger partial charge is 0.262 e. The molecule has 0 saturated carbocycles. The maximum Gasteiger partial charge on any atom is 0.262 e. The van der Waals surface area contributed by atoms with Gasteiger partial charge < -0.3 is 4.74 Å². The molecule has 1 saturated heterocycles. The highest BCUT2D eigenvalue weighted by atomic mass is 17.3. The van der Waals surface area contributed by atoms with E-state index in [1.54, 1.807) is 0 Å². The number of hydrogen-bond acceptors (Lipinski definition) is 3. The van der Waals surface area contributed by atoms with Crippen molar-refractivity contribution in [2.45, 2.75) is 58.5 Å². The molecule has 0 aromatic heterocycles. The molecule has 110 valence electrons. The van der Waals surface area contributed by atoms with Gasteiger partial charge >= 0.3 is 0 Å². The van der Waals surface area contributed by atoms with E-state index in [0.29, 0.717) is 11.8 Å². The fraction of sp³-hybridized carbons (Fsp3) is 0.647. The summed E-state index contributed by atoms with van der Waals surface area (Å²) in [6.45, 7) is 12.9. The zero-order valence-corrected chi connectivity index (χ0v) is 13.2. The van der Waals surface area contributed by atoms with E-state index >= 15 is 0 Å².